The number of anilines is 1. The van der Waals surface area contributed by atoms with Gasteiger partial charge in [0.15, 0.2) is 11.5 Å². The van der Waals surface area contributed by atoms with Crippen LogP contribution in [0.2, 0.25) is 0 Å². The average Bonchev–Trinajstić information content (AvgIpc) is 3.11. The number of amides is 1. The largest absolute Gasteiger partial charge is 0.493 e. The number of benzene rings is 2. The highest BCUT2D eigenvalue weighted by atomic mass is 16.5. The summed E-state index contributed by atoms with van der Waals surface area (Å²) in [6.45, 7) is 3.94. The van der Waals surface area contributed by atoms with Crippen LogP contribution in [0.15, 0.2) is 40.8 Å². The van der Waals surface area contributed by atoms with Crippen LogP contribution in [-0.4, -0.2) is 30.3 Å². The lowest BCUT2D eigenvalue weighted by Gasteiger charge is -2.08. The predicted octanol–water partition coefficient (Wildman–Crippen LogP) is 3.62. The van der Waals surface area contributed by atoms with E-state index in [0.717, 1.165) is 16.7 Å². The Bertz CT molecular complexity index is 950. The van der Waals surface area contributed by atoms with Crippen LogP contribution >= 0.6 is 0 Å². The molecule has 0 unspecified atom stereocenters. The van der Waals surface area contributed by atoms with E-state index in [2.05, 4.69) is 15.5 Å². The average molecular weight is 353 g/mol. The normalized spacial score (nSPS) is 10.5. The maximum atomic E-state index is 12.4. The number of nitrogens with one attached hydrogen (secondary N) is 1. The van der Waals surface area contributed by atoms with Gasteiger partial charge in [-0.1, -0.05) is 22.8 Å². The van der Waals surface area contributed by atoms with Crippen molar-refractivity contribution in [3.8, 4) is 23.0 Å². The second-order valence-electron chi connectivity index (χ2n) is 5.75. The van der Waals surface area contributed by atoms with E-state index in [4.69, 9.17) is 13.9 Å². The highest BCUT2D eigenvalue weighted by molar-refractivity contribution is 6.03. The molecule has 7 nitrogen and oxygen atoms in total. The van der Waals surface area contributed by atoms with Gasteiger partial charge in [-0.15, -0.1) is 5.10 Å². The van der Waals surface area contributed by atoms with Gasteiger partial charge in [-0.2, -0.15) is 0 Å². The summed E-state index contributed by atoms with van der Waals surface area (Å²) in [7, 11) is 3.04. The third-order valence-corrected chi connectivity index (χ3v) is 3.91. The smallest absolute Gasteiger partial charge is 0.322 e. The zero-order chi connectivity index (χ0) is 18.7. The molecule has 0 saturated heterocycles. The molecule has 0 fully saturated rings. The quantitative estimate of drug-likeness (QED) is 0.754. The van der Waals surface area contributed by atoms with E-state index in [9.17, 15) is 4.79 Å². The van der Waals surface area contributed by atoms with Gasteiger partial charge in [0.05, 0.1) is 14.2 Å². The Hall–Kier alpha value is -3.35. The van der Waals surface area contributed by atoms with Crippen LogP contribution in [-0.2, 0) is 0 Å². The van der Waals surface area contributed by atoms with Crippen molar-refractivity contribution < 1.29 is 18.7 Å². The number of aromatic nitrogens is 2. The van der Waals surface area contributed by atoms with Gasteiger partial charge in [-0.05, 0) is 43.7 Å². The number of ether oxygens (including phenoxy) is 2. The number of methoxy groups -OCH3 is 2. The predicted molar refractivity (Wildman–Crippen MR) is 96.7 cm³/mol. The molecule has 26 heavy (non-hydrogen) atoms. The molecule has 0 aliphatic rings. The van der Waals surface area contributed by atoms with E-state index in [1.54, 1.807) is 18.2 Å². The van der Waals surface area contributed by atoms with Crippen molar-refractivity contribution in [1.29, 1.82) is 0 Å². The Labute approximate surface area is 151 Å². The topological polar surface area (TPSA) is 86.5 Å². The maximum absolute atomic E-state index is 12.4. The number of carbonyl (C=O) groups excluding carboxylic acids is 1. The van der Waals surface area contributed by atoms with E-state index >= 15 is 0 Å². The third-order valence-electron chi connectivity index (χ3n) is 3.91. The summed E-state index contributed by atoms with van der Waals surface area (Å²) in [6.07, 6.45) is 0. The highest BCUT2D eigenvalue weighted by Gasteiger charge is 2.16. The van der Waals surface area contributed by atoms with Gasteiger partial charge in [0.2, 0.25) is 5.89 Å². The zero-order valence-electron chi connectivity index (χ0n) is 15.0. The summed E-state index contributed by atoms with van der Waals surface area (Å²) in [5.74, 6) is 0.969. The molecule has 0 atom stereocenters. The van der Waals surface area contributed by atoms with Crippen LogP contribution in [0.4, 0.5) is 6.01 Å². The first-order valence-corrected chi connectivity index (χ1v) is 7.96. The van der Waals surface area contributed by atoms with Crippen LogP contribution in [0.5, 0.6) is 11.5 Å². The first kappa shape index (κ1) is 17.5. The summed E-state index contributed by atoms with van der Waals surface area (Å²) in [5.41, 5.74) is 3.31. The molecule has 0 saturated carbocycles. The van der Waals surface area contributed by atoms with Gasteiger partial charge in [-0.3, -0.25) is 10.1 Å². The minimum Gasteiger partial charge on any atom is -0.493 e. The molecule has 7 heteroatoms. The molecular formula is C19H19N3O4. The van der Waals surface area contributed by atoms with Crippen LogP contribution in [0.3, 0.4) is 0 Å². The van der Waals surface area contributed by atoms with Crippen LogP contribution in [0, 0.1) is 13.8 Å². The van der Waals surface area contributed by atoms with Gasteiger partial charge in [-0.25, -0.2) is 0 Å². The van der Waals surface area contributed by atoms with Gasteiger partial charge in [0.1, 0.15) is 0 Å². The van der Waals surface area contributed by atoms with Crippen molar-refractivity contribution in [2.45, 2.75) is 13.8 Å². The van der Waals surface area contributed by atoms with E-state index in [0.29, 0.717) is 23.0 Å². The highest BCUT2D eigenvalue weighted by Crippen LogP contribution is 2.28. The monoisotopic (exact) mass is 353 g/mol. The zero-order valence-corrected chi connectivity index (χ0v) is 15.0. The summed E-state index contributed by atoms with van der Waals surface area (Å²) >= 11 is 0. The minimum absolute atomic E-state index is 0.0284. The van der Waals surface area contributed by atoms with Crippen LogP contribution in [0.1, 0.15) is 21.5 Å². The maximum Gasteiger partial charge on any atom is 0.322 e. The Morgan fingerprint density at radius 1 is 1.00 bits per heavy atom. The summed E-state index contributed by atoms with van der Waals surface area (Å²) in [4.78, 5) is 12.4. The summed E-state index contributed by atoms with van der Waals surface area (Å²) in [5, 5.41) is 10.5. The number of rotatable bonds is 5. The van der Waals surface area contributed by atoms with Crippen molar-refractivity contribution >= 4 is 11.9 Å². The second kappa shape index (κ2) is 7.26. The molecule has 3 aromatic rings. The van der Waals surface area contributed by atoms with Crippen molar-refractivity contribution in [1.82, 2.24) is 10.2 Å². The molecule has 0 aliphatic heterocycles. The minimum atomic E-state index is -0.387. The molecule has 134 valence electrons. The van der Waals surface area contributed by atoms with Crippen LogP contribution < -0.4 is 14.8 Å². The Kier molecular flexibility index (Phi) is 4.88. The van der Waals surface area contributed by atoms with Gasteiger partial charge >= 0.3 is 6.01 Å². The fraction of sp³-hybridized carbons (Fsp3) is 0.211. The fourth-order valence-electron chi connectivity index (χ4n) is 2.50. The summed E-state index contributed by atoms with van der Waals surface area (Å²) in [6, 6.07) is 10.8. The van der Waals surface area contributed by atoms with Gasteiger partial charge < -0.3 is 13.9 Å². The molecule has 3 rings (SSSR count). The van der Waals surface area contributed by atoms with E-state index in [1.807, 2.05) is 32.0 Å². The first-order valence-electron chi connectivity index (χ1n) is 7.96. The Balaban J connectivity index is 1.81. The molecule has 1 heterocycles. The molecule has 1 N–H and O–H groups in total. The first-order chi connectivity index (χ1) is 12.5. The SMILES string of the molecule is COc1ccc(C(=O)Nc2nnc(-c3cc(C)ccc3C)o2)cc1OC. The van der Waals surface area contributed by atoms with Crippen LogP contribution in [0.25, 0.3) is 11.5 Å². The number of hydrogen-bond donors (Lipinski definition) is 1. The van der Waals surface area contributed by atoms with E-state index < -0.39 is 0 Å². The van der Waals surface area contributed by atoms with Crippen molar-refractivity contribution in [2.24, 2.45) is 0 Å². The lowest BCUT2D eigenvalue weighted by Crippen LogP contribution is -2.12. The standard InChI is InChI=1S/C19H19N3O4/c1-11-5-6-12(2)14(9-11)18-21-22-19(26-18)20-17(23)13-7-8-15(24-3)16(10-13)25-4/h5-10H,1-4H3,(H,20,22,23). The van der Waals surface area contributed by atoms with E-state index in [-0.39, 0.29) is 11.9 Å². The number of nitrogens with zero attached hydrogens (tertiary/aromatic N) is 2. The number of carbonyl (C=O) groups is 1. The molecule has 0 aliphatic carbocycles. The van der Waals surface area contributed by atoms with Gasteiger partial charge in [0.25, 0.3) is 5.91 Å². The Morgan fingerprint density at radius 3 is 2.50 bits per heavy atom. The molecule has 1 aromatic heterocycles. The lowest BCUT2D eigenvalue weighted by atomic mass is 10.1. The Morgan fingerprint density at radius 2 is 1.77 bits per heavy atom. The molecule has 2 aromatic carbocycles. The van der Waals surface area contributed by atoms with Crippen molar-refractivity contribution in [3.63, 3.8) is 0 Å². The van der Waals surface area contributed by atoms with Crippen molar-refractivity contribution in [3.05, 3.63) is 53.1 Å². The fourth-order valence-corrected chi connectivity index (χ4v) is 2.50. The summed E-state index contributed by atoms with van der Waals surface area (Å²) < 4.78 is 16.0. The third kappa shape index (κ3) is 3.51. The second-order valence-corrected chi connectivity index (χ2v) is 5.75. The van der Waals surface area contributed by atoms with Crippen molar-refractivity contribution in [2.75, 3.05) is 19.5 Å². The molecule has 1 amide bonds. The van der Waals surface area contributed by atoms with Gasteiger partial charge in [0, 0.05) is 11.1 Å². The molecular weight excluding hydrogens is 334 g/mol. The molecule has 0 spiro atoms. The molecule has 0 radical (unpaired) electrons. The van der Waals surface area contributed by atoms with E-state index in [1.165, 1.54) is 14.2 Å². The lowest BCUT2D eigenvalue weighted by molar-refractivity contribution is 0.102. The number of aryl methyl sites for hydroxylation is 2. The molecule has 0 bridgehead atoms. The number of hydrogen-bond acceptors (Lipinski definition) is 6.